The minimum absolute atomic E-state index is 0.00215. The smallest absolute Gasteiger partial charge is 0.243 e. The van der Waals surface area contributed by atoms with Crippen molar-refractivity contribution in [3.05, 3.63) is 71.3 Å². The van der Waals surface area contributed by atoms with E-state index in [1.165, 1.54) is 0 Å². The zero-order valence-electron chi connectivity index (χ0n) is 18.2. The Balaban J connectivity index is 2.20. The molecule has 0 spiro atoms. The molecule has 0 radical (unpaired) electrons. The monoisotopic (exact) mass is 394 g/mol. The number of carbonyl (C=O) groups excluding carboxylic acids is 2. The van der Waals surface area contributed by atoms with E-state index >= 15 is 0 Å². The number of benzene rings is 2. The fourth-order valence-corrected chi connectivity index (χ4v) is 3.44. The van der Waals surface area contributed by atoms with E-state index < -0.39 is 6.04 Å². The summed E-state index contributed by atoms with van der Waals surface area (Å²) in [6.07, 6.45) is 2.50. The molecular weight excluding hydrogens is 360 g/mol. The van der Waals surface area contributed by atoms with Crippen LogP contribution in [0.4, 0.5) is 0 Å². The second-order valence-corrected chi connectivity index (χ2v) is 7.73. The van der Waals surface area contributed by atoms with E-state index in [1.807, 2.05) is 70.2 Å². The summed E-state index contributed by atoms with van der Waals surface area (Å²) in [4.78, 5) is 27.9. The molecule has 2 rings (SSSR count). The van der Waals surface area contributed by atoms with E-state index in [0.29, 0.717) is 19.4 Å². The fraction of sp³-hybridized carbons (Fsp3) is 0.440. The van der Waals surface area contributed by atoms with Crippen molar-refractivity contribution in [3.8, 4) is 0 Å². The number of nitrogens with one attached hydrogen (secondary N) is 1. The first-order valence-corrected chi connectivity index (χ1v) is 10.6. The molecule has 0 aromatic heterocycles. The third-order valence-electron chi connectivity index (χ3n) is 5.31. The van der Waals surface area contributed by atoms with Gasteiger partial charge in [0.1, 0.15) is 6.04 Å². The summed E-state index contributed by atoms with van der Waals surface area (Å²) < 4.78 is 0. The van der Waals surface area contributed by atoms with Crippen molar-refractivity contribution in [2.45, 2.75) is 65.5 Å². The van der Waals surface area contributed by atoms with Crippen molar-refractivity contribution >= 4 is 11.8 Å². The Morgan fingerprint density at radius 2 is 1.66 bits per heavy atom. The van der Waals surface area contributed by atoms with Gasteiger partial charge in [0.2, 0.25) is 11.8 Å². The first-order valence-electron chi connectivity index (χ1n) is 10.6. The largest absolute Gasteiger partial charge is 0.352 e. The van der Waals surface area contributed by atoms with Crippen LogP contribution in [0, 0.1) is 6.92 Å². The Morgan fingerprint density at radius 3 is 2.28 bits per heavy atom. The average Bonchev–Trinajstić information content (AvgIpc) is 2.71. The number of nitrogens with zero attached hydrogens (tertiary/aromatic N) is 1. The van der Waals surface area contributed by atoms with Crippen LogP contribution in [-0.4, -0.2) is 35.3 Å². The maximum atomic E-state index is 13.3. The summed E-state index contributed by atoms with van der Waals surface area (Å²) >= 11 is 0. The van der Waals surface area contributed by atoms with Crippen molar-refractivity contribution in [2.75, 3.05) is 6.54 Å². The molecule has 0 aliphatic heterocycles. The van der Waals surface area contributed by atoms with Gasteiger partial charge in [-0.1, -0.05) is 74.0 Å². The van der Waals surface area contributed by atoms with E-state index in [2.05, 4.69) is 17.4 Å². The van der Waals surface area contributed by atoms with Crippen LogP contribution in [0.25, 0.3) is 0 Å². The third kappa shape index (κ3) is 7.04. The van der Waals surface area contributed by atoms with E-state index in [9.17, 15) is 9.59 Å². The van der Waals surface area contributed by atoms with Gasteiger partial charge in [-0.3, -0.25) is 9.59 Å². The molecule has 2 amide bonds. The van der Waals surface area contributed by atoms with Crippen molar-refractivity contribution in [3.63, 3.8) is 0 Å². The molecule has 2 atom stereocenters. The van der Waals surface area contributed by atoms with Crippen molar-refractivity contribution in [1.82, 2.24) is 10.2 Å². The van der Waals surface area contributed by atoms with E-state index in [-0.39, 0.29) is 17.9 Å². The normalized spacial score (nSPS) is 12.8. The molecule has 2 aromatic rings. The summed E-state index contributed by atoms with van der Waals surface area (Å²) in [7, 11) is 0. The maximum absolute atomic E-state index is 13.3. The van der Waals surface area contributed by atoms with Crippen LogP contribution in [0.3, 0.4) is 0 Å². The molecule has 0 heterocycles. The fourth-order valence-electron chi connectivity index (χ4n) is 3.44. The molecule has 0 saturated carbocycles. The van der Waals surface area contributed by atoms with Gasteiger partial charge in [0, 0.05) is 12.6 Å². The van der Waals surface area contributed by atoms with Gasteiger partial charge in [-0.25, -0.2) is 0 Å². The van der Waals surface area contributed by atoms with E-state index in [4.69, 9.17) is 0 Å². The van der Waals surface area contributed by atoms with Crippen molar-refractivity contribution in [1.29, 1.82) is 0 Å². The quantitative estimate of drug-likeness (QED) is 0.653. The predicted octanol–water partition coefficient (Wildman–Crippen LogP) is 4.30. The summed E-state index contributed by atoms with van der Waals surface area (Å²) in [6.45, 7) is 8.56. The molecule has 0 saturated heterocycles. The highest BCUT2D eigenvalue weighted by Gasteiger charge is 2.28. The minimum Gasteiger partial charge on any atom is -0.352 e. The van der Waals surface area contributed by atoms with Gasteiger partial charge in [-0.15, -0.1) is 0 Å². The molecule has 0 bridgehead atoms. The SMILES string of the molecule is CC[C@@H](C)NC(=O)[C@@H](CC)N(CCc1ccccc1)C(=O)Cc1cccc(C)c1. The Bertz CT molecular complexity index is 788. The molecule has 156 valence electrons. The van der Waals surface area contributed by atoms with Gasteiger partial charge >= 0.3 is 0 Å². The topological polar surface area (TPSA) is 49.4 Å². The number of hydrogen-bond donors (Lipinski definition) is 1. The van der Waals surface area contributed by atoms with Gasteiger partial charge in [0.05, 0.1) is 6.42 Å². The lowest BCUT2D eigenvalue weighted by atomic mass is 10.0. The first-order chi connectivity index (χ1) is 13.9. The van der Waals surface area contributed by atoms with Crippen molar-refractivity contribution < 1.29 is 9.59 Å². The summed E-state index contributed by atoms with van der Waals surface area (Å²) in [5.74, 6) is -0.0646. The second-order valence-electron chi connectivity index (χ2n) is 7.73. The van der Waals surface area contributed by atoms with Crippen LogP contribution in [0.5, 0.6) is 0 Å². The van der Waals surface area contributed by atoms with Crippen LogP contribution >= 0.6 is 0 Å². The lowest BCUT2D eigenvalue weighted by Crippen LogP contribution is -2.52. The molecule has 2 aromatic carbocycles. The molecule has 4 heteroatoms. The zero-order valence-corrected chi connectivity index (χ0v) is 18.2. The highest BCUT2D eigenvalue weighted by Crippen LogP contribution is 2.13. The molecule has 0 unspecified atom stereocenters. The lowest BCUT2D eigenvalue weighted by molar-refractivity contribution is -0.140. The molecule has 1 N–H and O–H groups in total. The summed E-state index contributed by atoms with van der Waals surface area (Å²) in [5.41, 5.74) is 3.28. The highest BCUT2D eigenvalue weighted by atomic mass is 16.2. The van der Waals surface area contributed by atoms with Gasteiger partial charge < -0.3 is 10.2 Å². The van der Waals surface area contributed by atoms with Crippen LogP contribution < -0.4 is 5.32 Å². The Labute approximate surface area is 175 Å². The molecule has 4 nitrogen and oxygen atoms in total. The molecular formula is C25H34N2O2. The molecule has 0 fully saturated rings. The Kier molecular flexibility index (Phi) is 8.91. The maximum Gasteiger partial charge on any atom is 0.243 e. The van der Waals surface area contributed by atoms with Crippen LogP contribution in [0.15, 0.2) is 54.6 Å². The van der Waals surface area contributed by atoms with Gasteiger partial charge in [-0.05, 0) is 44.2 Å². The Hall–Kier alpha value is -2.62. The Morgan fingerprint density at radius 1 is 0.966 bits per heavy atom. The van der Waals surface area contributed by atoms with E-state index in [1.54, 1.807) is 4.90 Å². The summed E-state index contributed by atoms with van der Waals surface area (Å²) in [6, 6.07) is 17.8. The minimum atomic E-state index is -0.454. The lowest BCUT2D eigenvalue weighted by Gasteiger charge is -2.31. The second kappa shape index (κ2) is 11.4. The standard InChI is InChI=1S/C25H34N2O2/c1-5-20(4)26-25(29)23(6-2)27(16-15-21-12-8-7-9-13-21)24(28)18-22-14-10-11-19(3)17-22/h7-14,17,20,23H,5-6,15-16,18H2,1-4H3,(H,26,29)/t20-,23-/m1/s1. The first kappa shape index (κ1) is 22.7. The number of hydrogen-bond acceptors (Lipinski definition) is 2. The van der Waals surface area contributed by atoms with E-state index in [0.717, 1.165) is 29.5 Å². The van der Waals surface area contributed by atoms with Gasteiger partial charge in [-0.2, -0.15) is 0 Å². The average molecular weight is 395 g/mol. The van der Waals surface area contributed by atoms with Gasteiger partial charge in [0.25, 0.3) is 0 Å². The highest BCUT2D eigenvalue weighted by molar-refractivity contribution is 5.88. The molecule has 0 aliphatic rings. The molecule has 0 aliphatic carbocycles. The number of carbonyl (C=O) groups is 2. The van der Waals surface area contributed by atoms with Crippen LogP contribution in [-0.2, 0) is 22.4 Å². The number of amides is 2. The van der Waals surface area contributed by atoms with Crippen LogP contribution in [0.1, 0.15) is 50.3 Å². The summed E-state index contributed by atoms with van der Waals surface area (Å²) in [5, 5.41) is 3.05. The zero-order chi connectivity index (χ0) is 21.2. The van der Waals surface area contributed by atoms with Crippen molar-refractivity contribution in [2.24, 2.45) is 0 Å². The number of aryl methyl sites for hydroxylation is 1. The predicted molar refractivity (Wildman–Crippen MR) is 119 cm³/mol. The number of rotatable bonds is 10. The third-order valence-corrected chi connectivity index (χ3v) is 5.31. The van der Waals surface area contributed by atoms with Crippen LogP contribution in [0.2, 0.25) is 0 Å². The van der Waals surface area contributed by atoms with Gasteiger partial charge in [0.15, 0.2) is 0 Å². The molecule has 29 heavy (non-hydrogen) atoms.